The number of nitrogens with one attached hydrogen (secondary N) is 1. The van der Waals surface area contributed by atoms with E-state index in [0.717, 1.165) is 11.8 Å². The van der Waals surface area contributed by atoms with Crippen LogP contribution in [0, 0.1) is 0 Å². The highest BCUT2D eigenvalue weighted by Gasteiger charge is 2.10. The van der Waals surface area contributed by atoms with Gasteiger partial charge in [-0.1, -0.05) is 30.3 Å². The van der Waals surface area contributed by atoms with Gasteiger partial charge in [0.1, 0.15) is 11.5 Å². The lowest BCUT2D eigenvalue weighted by molar-refractivity contribution is 0.220. The summed E-state index contributed by atoms with van der Waals surface area (Å²) in [5.74, 6) is 1.10. The number of benzene rings is 3. The average molecular weight is 410 g/mol. The van der Waals surface area contributed by atoms with Gasteiger partial charge in [-0.15, -0.1) is 0 Å². The van der Waals surface area contributed by atoms with Gasteiger partial charge in [-0.2, -0.15) is 0 Å². The van der Waals surface area contributed by atoms with Crippen molar-refractivity contribution in [1.82, 2.24) is 4.90 Å². The quantitative estimate of drug-likeness (QED) is 0.647. The first-order valence-electron chi connectivity index (χ1n) is 8.95. The standard InChI is InChI=1S/C22H22N2O4S/c1-24(16-17-6-4-3-5-7-17)22(25)23-18-8-10-19(11-9-18)28-20-12-14-21(15-13-20)29(2,26)27/h3-15H,16H2,1-2H3,(H,23,25). The van der Waals surface area contributed by atoms with Crippen LogP contribution in [-0.2, 0) is 16.4 Å². The Morgan fingerprint density at radius 2 is 1.45 bits per heavy atom. The number of sulfone groups is 1. The van der Waals surface area contributed by atoms with Gasteiger partial charge in [-0.05, 0) is 54.1 Å². The van der Waals surface area contributed by atoms with E-state index in [1.54, 1.807) is 48.3 Å². The Kier molecular flexibility index (Phi) is 6.19. The maximum absolute atomic E-state index is 12.3. The normalized spacial score (nSPS) is 11.0. The second-order valence-corrected chi connectivity index (χ2v) is 8.66. The third kappa shape index (κ3) is 5.83. The molecule has 0 aliphatic heterocycles. The molecule has 0 fully saturated rings. The topological polar surface area (TPSA) is 75.7 Å². The van der Waals surface area contributed by atoms with Crippen molar-refractivity contribution in [2.24, 2.45) is 0 Å². The van der Waals surface area contributed by atoms with E-state index in [-0.39, 0.29) is 10.9 Å². The Bertz CT molecular complexity index is 1060. The Hall–Kier alpha value is -3.32. The zero-order chi connectivity index (χ0) is 20.9. The van der Waals surface area contributed by atoms with Crippen LogP contribution >= 0.6 is 0 Å². The van der Waals surface area contributed by atoms with E-state index < -0.39 is 9.84 Å². The van der Waals surface area contributed by atoms with Gasteiger partial charge in [0, 0.05) is 25.5 Å². The van der Waals surface area contributed by atoms with Crippen LogP contribution in [0.3, 0.4) is 0 Å². The Balaban J connectivity index is 1.57. The van der Waals surface area contributed by atoms with E-state index in [0.29, 0.717) is 23.7 Å². The van der Waals surface area contributed by atoms with Crippen LogP contribution < -0.4 is 10.1 Å². The van der Waals surface area contributed by atoms with E-state index in [1.165, 1.54) is 12.1 Å². The minimum Gasteiger partial charge on any atom is -0.457 e. The Morgan fingerprint density at radius 1 is 0.897 bits per heavy atom. The van der Waals surface area contributed by atoms with Crippen LogP contribution in [0.15, 0.2) is 83.8 Å². The summed E-state index contributed by atoms with van der Waals surface area (Å²) >= 11 is 0. The number of carbonyl (C=O) groups excluding carboxylic acids is 1. The van der Waals surface area contributed by atoms with Crippen LogP contribution in [0.5, 0.6) is 11.5 Å². The van der Waals surface area contributed by atoms with Crippen LogP contribution in [-0.4, -0.2) is 32.7 Å². The fourth-order valence-corrected chi connectivity index (χ4v) is 3.28. The van der Waals surface area contributed by atoms with Gasteiger partial charge in [0.15, 0.2) is 9.84 Å². The first kappa shape index (κ1) is 20.4. The molecule has 0 saturated carbocycles. The fraction of sp³-hybridized carbons (Fsp3) is 0.136. The van der Waals surface area contributed by atoms with Crippen molar-refractivity contribution < 1.29 is 17.9 Å². The first-order chi connectivity index (χ1) is 13.8. The van der Waals surface area contributed by atoms with Gasteiger partial charge in [0.05, 0.1) is 4.90 Å². The predicted molar refractivity (Wildman–Crippen MR) is 113 cm³/mol. The number of hydrogen-bond donors (Lipinski definition) is 1. The number of rotatable bonds is 6. The second-order valence-electron chi connectivity index (χ2n) is 6.64. The monoisotopic (exact) mass is 410 g/mol. The highest BCUT2D eigenvalue weighted by atomic mass is 32.2. The zero-order valence-corrected chi connectivity index (χ0v) is 17.0. The van der Waals surface area contributed by atoms with Crippen molar-refractivity contribution in [2.75, 3.05) is 18.6 Å². The Labute approximate surface area is 170 Å². The number of urea groups is 1. The molecule has 0 aliphatic rings. The highest BCUT2D eigenvalue weighted by molar-refractivity contribution is 7.90. The lowest BCUT2D eigenvalue weighted by atomic mass is 10.2. The molecule has 0 unspecified atom stereocenters. The highest BCUT2D eigenvalue weighted by Crippen LogP contribution is 2.24. The van der Waals surface area contributed by atoms with Crippen molar-refractivity contribution in [2.45, 2.75) is 11.4 Å². The number of ether oxygens (including phenoxy) is 1. The van der Waals surface area contributed by atoms with Crippen LogP contribution in [0.1, 0.15) is 5.56 Å². The average Bonchev–Trinajstić information content (AvgIpc) is 2.70. The molecule has 3 rings (SSSR count). The molecular weight excluding hydrogens is 388 g/mol. The van der Waals surface area contributed by atoms with Gasteiger partial charge in [-0.25, -0.2) is 13.2 Å². The fourth-order valence-electron chi connectivity index (χ4n) is 2.65. The van der Waals surface area contributed by atoms with Gasteiger partial charge in [-0.3, -0.25) is 0 Å². The van der Waals surface area contributed by atoms with E-state index in [2.05, 4.69) is 5.32 Å². The number of carbonyl (C=O) groups is 1. The molecule has 3 aromatic carbocycles. The minimum absolute atomic E-state index is 0.209. The summed E-state index contributed by atoms with van der Waals surface area (Å²) in [5.41, 5.74) is 1.70. The molecule has 0 heterocycles. The minimum atomic E-state index is -3.24. The molecule has 0 spiro atoms. The van der Waals surface area contributed by atoms with Gasteiger partial charge < -0.3 is 15.0 Å². The molecule has 0 aromatic heterocycles. The van der Waals surface area contributed by atoms with Gasteiger partial charge in [0.2, 0.25) is 0 Å². The predicted octanol–water partition coefficient (Wildman–Crippen LogP) is 4.55. The summed E-state index contributed by atoms with van der Waals surface area (Å²) in [4.78, 5) is 14.2. The third-order valence-electron chi connectivity index (χ3n) is 4.20. The van der Waals surface area contributed by atoms with Crippen LogP contribution in [0.4, 0.5) is 10.5 Å². The van der Waals surface area contributed by atoms with E-state index in [9.17, 15) is 13.2 Å². The zero-order valence-electron chi connectivity index (χ0n) is 16.2. The molecule has 0 aliphatic carbocycles. The van der Waals surface area contributed by atoms with Gasteiger partial charge >= 0.3 is 6.03 Å². The maximum Gasteiger partial charge on any atom is 0.321 e. The number of nitrogens with zero attached hydrogens (tertiary/aromatic N) is 1. The number of anilines is 1. The summed E-state index contributed by atoms with van der Waals surface area (Å²) in [6.07, 6.45) is 1.16. The van der Waals surface area contributed by atoms with E-state index in [1.807, 2.05) is 30.3 Å². The molecule has 6 nitrogen and oxygen atoms in total. The van der Waals surface area contributed by atoms with Crippen LogP contribution in [0.25, 0.3) is 0 Å². The van der Waals surface area contributed by atoms with Crippen molar-refractivity contribution in [3.63, 3.8) is 0 Å². The third-order valence-corrected chi connectivity index (χ3v) is 5.33. The molecule has 0 atom stereocenters. The van der Waals surface area contributed by atoms with Crippen molar-refractivity contribution in [3.05, 3.63) is 84.4 Å². The molecular formula is C22H22N2O4S. The largest absolute Gasteiger partial charge is 0.457 e. The molecule has 7 heteroatoms. The van der Waals surface area contributed by atoms with E-state index in [4.69, 9.17) is 4.74 Å². The molecule has 0 radical (unpaired) electrons. The molecule has 3 aromatic rings. The first-order valence-corrected chi connectivity index (χ1v) is 10.8. The van der Waals surface area contributed by atoms with Crippen molar-refractivity contribution in [3.8, 4) is 11.5 Å². The molecule has 0 saturated heterocycles. The van der Waals surface area contributed by atoms with Crippen molar-refractivity contribution in [1.29, 1.82) is 0 Å². The SMILES string of the molecule is CN(Cc1ccccc1)C(=O)Nc1ccc(Oc2ccc(S(C)(=O)=O)cc2)cc1. The summed E-state index contributed by atoms with van der Waals surface area (Å²) < 4.78 is 28.7. The Morgan fingerprint density at radius 3 is 2.00 bits per heavy atom. The lowest BCUT2D eigenvalue weighted by Gasteiger charge is -2.18. The number of hydrogen-bond acceptors (Lipinski definition) is 4. The van der Waals surface area contributed by atoms with E-state index >= 15 is 0 Å². The second kappa shape index (κ2) is 8.79. The molecule has 150 valence electrons. The molecule has 0 bridgehead atoms. The summed E-state index contributed by atoms with van der Waals surface area (Å²) in [6.45, 7) is 0.511. The number of amides is 2. The summed E-state index contributed by atoms with van der Waals surface area (Å²) in [6, 6.07) is 22.7. The molecule has 1 N–H and O–H groups in total. The van der Waals surface area contributed by atoms with Crippen LogP contribution in [0.2, 0.25) is 0 Å². The molecule has 29 heavy (non-hydrogen) atoms. The van der Waals surface area contributed by atoms with Crippen molar-refractivity contribution >= 4 is 21.6 Å². The lowest BCUT2D eigenvalue weighted by Crippen LogP contribution is -2.30. The van der Waals surface area contributed by atoms with Gasteiger partial charge in [0.25, 0.3) is 0 Å². The molecule has 2 amide bonds. The maximum atomic E-state index is 12.3. The summed E-state index contributed by atoms with van der Waals surface area (Å²) in [5, 5.41) is 2.84. The summed E-state index contributed by atoms with van der Waals surface area (Å²) in [7, 11) is -1.50. The smallest absolute Gasteiger partial charge is 0.321 e.